The van der Waals surface area contributed by atoms with E-state index in [9.17, 15) is 0 Å². The molecule has 0 saturated carbocycles. The molecule has 1 fully saturated rings. The maximum Gasteiger partial charge on any atom is 0.123 e. The minimum absolute atomic E-state index is 0.467. The van der Waals surface area contributed by atoms with Crippen LogP contribution in [0.3, 0.4) is 0 Å². The van der Waals surface area contributed by atoms with Gasteiger partial charge in [0.05, 0.1) is 14.2 Å². The van der Waals surface area contributed by atoms with Crippen molar-refractivity contribution in [2.24, 2.45) is 0 Å². The van der Waals surface area contributed by atoms with Gasteiger partial charge in [-0.3, -0.25) is 9.80 Å². The summed E-state index contributed by atoms with van der Waals surface area (Å²) in [5, 5.41) is 0. The average molecular weight is 340 g/mol. The molecule has 134 valence electrons. The lowest BCUT2D eigenvalue weighted by molar-refractivity contribution is 0.0972. The van der Waals surface area contributed by atoms with Gasteiger partial charge in [0.25, 0.3) is 0 Å². The molecule has 1 saturated heterocycles. The van der Waals surface area contributed by atoms with Crippen LogP contribution in [0.4, 0.5) is 0 Å². The first-order chi connectivity index (χ1) is 12.2. The van der Waals surface area contributed by atoms with Crippen molar-refractivity contribution in [1.82, 2.24) is 9.80 Å². The van der Waals surface area contributed by atoms with E-state index in [4.69, 9.17) is 9.47 Å². The minimum atomic E-state index is 0.467. The summed E-state index contributed by atoms with van der Waals surface area (Å²) in [6.07, 6.45) is 0. The van der Waals surface area contributed by atoms with Gasteiger partial charge in [0.1, 0.15) is 11.5 Å². The molecule has 0 bridgehead atoms. The zero-order valence-corrected chi connectivity index (χ0v) is 15.4. The fourth-order valence-corrected chi connectivity index (χ4v) is 3.50. The van der Waals surface area contributed by atoms with Gasteiger partial charge in [0, 0.05) is 44.3 Å². The fourth-order valence-electron chi connectivity index (χ4n) is 3.50. The number of piperazine rings is 1. The normalized spacial score (nSPS) is 17.2. The zero-order valence-electron chi connectivity index (χ0n) is 15.4. The highest BCUT2D eigenvalue weighted by Gasteiger charge is 2.22. The molecule has 0 N–H and O–H groups in total. The van der Waals surface area contributed by atoms with Gasteiger partial charge in [0.15, 0.2) is 0 Å². The molecule has 1 heterocycles. The summed E-state index contributed by atoms with van der Waals surface area (Å²) in [5.74, 6) is 1.81. The summed E-state index contributed by atoms with van der Waals surface area (Å²) in [4.78, 5) is 5.06. The highest BCUT2D eigenvalue weighted by Crippen LogP contribution is 2.27. The van der Waals surface area contributed by atoms with Crippen LogP contribution in [0.15, 0.2) is 48.5 Å². The Morgan fingerprint density at radius 1 is 0.920 bits per heavy atom. The Hall–Kier alpha value is -2.04. The van der Waals surface area contributed by atoms with E-state index in [-0.39, 0.29) is 0 Å². The van der Waals surface area contributed by atoms with E-state index in [1.807, 2.05) is 12.1 Å². The van der Waals surface area contributed by atoms with Gasteiger partial charge >= 0.3 is 0 Å². The topological polar surface area (TPSA) is 24.9 Å². The van der Waals surface area contributed by atoms with Crippen LogP contribution in [0.1, 0.15) is 24.1 Å². The summed E-state index contributed by atoms with van der Waals surface area (Å²) >= 11 is 0. The van der Waals surface area contributed by atoms with Crippen molar-refractivity contribution in [1.29, 1.82) is 0 Å². The number of nitrogens with zero attached hydrogens (tertiary/aromatic N) is 2. The molecule has 0 spiro atoms. The molecular formula is C21H28N2O2. The van der Waals surface area contributed by atoms with Crippen LogP contribution in [-0.2, 0) is 6.54 Å². The highest BCUT2D eigenvalue weighted by molar-refractivity contribution is 5.40. The van der Waals surface area contributed by atoms with Crippen molar-refractivity contribution in [3.63, 3.8) is 0 Å². The minimum Gasteiger partial charge on any atom is -0.497 e. The molecule has 1 aliphatic heterocycles. The van der Waals surface area contributed by atoms with Gasteiger partial charge in [-0.1, -0.05) is 30.3 Å². The first-order valence-corrected chi connectivity index (χ1v) is 8.93. The van der Waals surface area contributed by atoms with Gasteiger partial charge in [-0.2, -0.15) is 0 Å². The Kier molecular flexibility index (Phi) is 5.95. The Morgan fingerprint density at radius 2 is 1.64 bits per heavy atom. The molecular weight excluding hydrogens is 312 g/mol. The van der Waals surface area contributed by atoms with Crippen molar-refractivity contribution in [3.8, 4) is 11.5 Å². The van der Waals surface area contributed by atoms with Gasteiger partial charge < -0.3 is 9.47 Å². The van der Waals surface area contributed by atoms with Crippen LogP contribution < -0.4 is 9.47 Å². The average Bonchev–Trinajstić information content (AvgIpc) is 2.68. The maximum atomic E-state index is 5.51. The van der Waals surface area contributed by atoms with Crippen LogP contribution in [0.25, 0.3) is 0 Å². The number of benzene rings is 2. The Labute approximate surface area is 151 Å². The zero-order chi connectivity index (χ0) is 17.6. The Morgan fingerprint density at radius 3 is 2.28 bits per heavy atom. The largest absolute Gasteiger partial charge is 0.497 e. The summed E-state index contributed by atoms with van der Waals surface area (Å²) in [6.45, 7) is 7.50. The second-order valence-electron chi connectivity index (χ2n) is 6.58. The van der Waals surface area contributed by atoms with Gasteiger partial charge in [-0.15, -0.1) is 0 Å². The van der Waals surface area contributed by atoms with Crippen molar-refractivity contribution >= 4 is 0 Å². The standard InChI is InChI=1S/C21H28N2O2/c1-17(18-7-5-4-6-8-18)23-13-11-22(12-14-23)16-19-15-20(24-2)9-10-21(19)25-3/h4-10,15,17H,11-14,16H2,1-3H3. The molecule has 1 unspecified atom stereocenters. The molecule has 0 amide bonds. The number of hydrogen-bond acceptors (Lipinski definition) is 4. The summed E-state index contributed by atoms with van der Waals surface area (Å²) in [5.41, 5.74) is 2.58. The first kappa shape index (κ1) is 17.8. The van der Waals surface area contributed by atoms with Crippen LogP contribution >= 0.6 is 0 Å². The van der Waals surface area contributed by atoms with E-state index in [0.29, 0.717) is 6.04 Å². The number of ether oxygens (including phenoxy) is 2. The fraction of sp³-hybridized carbons (Fsp3) is 0.429. The highest BCUT2D eigenvalue weighted by atomic mass is 16.5. The van der Waals surface area contributed by atoms with Crippen molar-refractivity contribution in [2.45, 2.75) is 19.5 Å². The van der Waals surface area contributed by atoms with E-state index < -0.39 is 0 Å². The quantitative estimate of drug-likeness (QED) is 0.802. The van der Waals surface area contributed by atoms with Crippen LogP contribution in [-0.4, -0.2) is 50.2 Å². The molecule has 0 radical (unpaired) electrons. The molecule has 1 atom stereocenters. The third kappa shape index (κ3) is 4.33. The molecule has 0 aliphatic carbocycles. The summed E-state index contributed by atoms with van der Waals surface area (Å²) in [6, 6.07) is 17.2. The molecule has 2 aromatic carbocycles. The third-order valence-corrected chi connectivity index (χ3v) is 5.12. The number of rotatable bonds is 6. The third-order valence-electron chi connectivity index (χ3n) is 5.12. The molecule has 25 heavy (non-hydrogen) atoms. The van der Waals surface area contributed by atoms with Crippen molar-refractivity contribution in [3.05, 3.63) is 59.7 Å². The molecule has 1 aliphatic rings. The lowest BCUT2D eigenvalue weighted by Gasteiger charge is -2.38. The van der Waals surface area contributed by atoms with E-state index in [1.165, 1.54) is 11.1 Å². The molecule has 4 nitrogen and oxygen atoms in total. The van der Waals surface area contributed by atoms with E-state index in [0.717, 1.165) is 44.2 Å². The summed E-state index contributed by atoms with van der Waals surface area (Å²) in [7, 11) is 3.43. The number of hydrogen-bond donors (Lipinski definition) is 0. The van der Waals surface area contributed by atoms with E-state index in [1.54, 1.807) is 14.2 Å². The lowest BCUT2D eigenvalue weighted by Crippen LogP contribution is -2.46. The number of methoxy groups -OCH3 is 2. The second kappa shape index (κ2) is 8.37. The van der Waals surface area contributed by atoms with Crippen molar-refractivity contribution in [2.75, 3.05) is 40.4 Å². The molecule has 4 heteroatoms. The van der Waals surface area contributed by atoms with E-state index in [2.05, 4.69) is 53.1 Å². The summed E-state index contributed by atoms with van der Waals surface area (Å²) < 4.78 is 10.9. The predicted molar refractivity (Wildman–Crippen MR) is 101 cm³/mol. The monoisotopic (exact) mass is 340 g/mol. The van der Waals surface area contributed by atoms with Crippen LogP contribution in [0, 0.1) is 0 Å². The van der Waals surface area contributed by atoms with Crippen molar-refractivity contribution < 1.29 is 9.47 Å². The van der Waals surface area contributed by atoms with Gasteiger partial charge in [-0.25, -0.2) is 0 Å². The first-order valence-electron chi connectivity index (χ1n) is 8.93. The molecule has 3 rings (SSSR count). The van der Waals surface area contributed by atoms with Gasteiger partial charge in [-0.05, 0) is 30.7 Å². The maximum absolute atomic E-state index is 5.51. The second-order valence-corrected chi connectivity index (χ2v) is 6.58. The van der Waals surface area contributed by atoms with Gasteiger partial charge in [0.2, 0.25) is 0 Å². The van der Waals surface area contributed by atoms with Crippen LogP contribution in [0.2, 0.25) is 0 Å². The SMILES string of the molecule is COc1ccc(OC)c(CN2CCN(C(C)c3ccccc3)CC2)c1. The van der Waals surface area contributed by atoms with Crippen LogP contribution in [0.5, 0.6) is 11.5 Å². The Bertz CT molecular complexity index is 667. The molecule has 0 aromatic heterocycles. The van der Waals surface area contributed by atoms with E-state index >= 15 is 0 Å². The Balaban J connectivity index is 1.59. The smallest absolute Gasteiger partial charge is 0.123 e. The molecule has 2 aromatic rings. The lowest BCUT2D eigenvalue weighted by atomic mass is 10.1. The predicted octanol–water partition coefficient (Wildman–Crippen LogP) is 3.58.